The lowest BCUT2D eigenvalue weighted by Crippen LogP contribution is -2.06. The lowest BCUT2D eigenvalue weighted by Gasteiger charge is -2.10. The second-order valence-electron chi connectivity index (χ2n) is 13.1. The first-order valence-corrected chi connectivity index (χ1v) is 17.6. The van der Waals surface area contributed by atoms with Crippen molar-refractivity contribution in [1.29, 1.82) is 0 Å². The Morgan fingerprint density at radius 3 is 1.28 bits per heavy atom. The molecule has 0 aliphatic heterocycles. The van der Waals surface area contributed by atoms with Crippen LogP contribution in [0.2, 0.25) is 0 Å². The number of carbonyl (C=O) groups is 2. The number of carbonyl (C=O) groups excluding carboxylic acids is 2. The molecule has 0 saturated carbocycles. The molecule has 3 aromatic rings. The zero-order chi connectivity index (χ0) is 33.9. The van der Waals surface area contributed by atoms with Crippen LogP contribution < -0.4 is 0 Å². The first-order chi connectivity index (χ1) is 22.7. The van der Waals surface area contributed by atoms with Crippen LogP contribution in [0.15, 0.2) is 91.0 Å². The molecule has 0 aliphatic rings. The predicted molar refractivity (Wildman–Crippen MR) is 195 cm³/mol. The third kappa shape index (κ3) is 15.0. The molecule has 0 spiro atoms. The lowest BCUT2D eigenvalue weighted by atomic mass is 9.95. The molecule has 0 radical (unpaired) electrons. The third-order valence-electron chi connectivity index (χ3n) is 8.72. The van der Waals surface area contributed by atoms with E-state index >= 15 is 0 Å². The quantitative estimate of drug-likeness (QED) is 0.0626. The smallest absolute Gasteiger partial charge is 0.333 e. The summed E-state index contributed by atoms with van der Waals surface area (Å²) in [5.41, 5.74) is 10.7. The fourth-order valence-corrected chi connectivity index (χ4v) is 5.65. The van der Waals surface area contributed by atoms with Gasteiger partial charge < -0.3 is 9.47 Å². The van der Waals surface area contributed by atoms with Crippen molar-refractivity contribution in [2.24, 2.45) is 0 Å². The van der Waals surface area contributed by atoms with Crippen LogP contribution in [0.1, 0.15) is 104 Å². The van der Waals surface area contributed by atoms with Gasteiger partial charge in [0, 0.05) is 11.1 Å². The summed E-state index contributed by atoms with van der Waals surface area (Å²) < 4.78 is 10.3. The highest BCUT2D eigenvalue weighted by Gasteiger charge is 2.06. The van der Waals surface area contributed by atoms with E-state index in [0.717, 1.165) is 89.9 Å². The Morgan fingerprint density at radius 1 is 0.489 bits per heavy atom. The molecule has 0 saturated heterocycles. The van der Waals surface area contributed by atoms with Crippen LogP contribution in [-0.4, -0.2) is 25.2 Å². The molecule has 0 N–H and O–H groups in total. The highest BCUT2D eigenvalue weighted by atomic mass is 16.5. The van der Waals surface area contributed by atoms with Crippen LogP contribution in [0.5, 0.6) is 0 Å². The Bertz CT molecular complexity index is 1420. The summed E-state index contributed by atoms with van der Waals surface area (Å²) in [5, 5.41) is 0. The summed E-state index contributed by atoms with van der Waals surface area (Å²) in [6.45, 7) is 13.8. The van der Waals surface area contributed by atoms with Gasteiger partial charge in [-0.15, -0.1) is 0 Å². The Morgan fingerprint density at radius 2 is 0.851 bits per heavy atom. The zero-order valence-electron chi connectivity index (χ0n) is 29.2. The van der Waals surface area contributed by atoms with Crippen molar-refractivity contribution in [2.75, 3.05) is 13.2 Å². The minimum Gasteiger partial charge on any atom is -0.462 e. The Balaban J connectivity index is 1.29. The number of unbranched alkanes of at least 4 members (excludes halogenated alkanes) is 6. The molecule has 47 heavy (non-hydrogen) atoms. The fraction of sp³-hybridized carbons (Fsp3) is 0.442. The number of hydrogen-bond donors (Lipinski definition) is 0. The van der Waals surface area contributed by atoms with Crippen LogP contribution in [0.4, 0.5) is 0 Å². The van der Waals surface area contributed by atoms with Crippen molar-refractivity contribution in [2.45, 2.75) is 111 Å². The van der Waals surface area contributed by atoms with Crippen molar-refractivity contribution in [3.8, 4) is 0 Å². The molecule has 3 aromatic carbocycles. The van der Waals surface area contributed by atoms with E-state index in [1.54, 1.807) is 13.8 Å². The topological polar surface area (TPSA) is 52.6 Å². The van der Waals surface area contributed by atoms with Gasteiger partial charge in [-0.2, -0.15) is 0 Å². The first kappa shape index (κ1) is 37.5. The molecule has 4 nitrogen and oxygen atoms in total. The van der Waals surface area contributed by atoms with Crippen molar-refractivity contribution in [1.82, 2.24) is 0 Å². The average Bonchev–Trinajstić information content (AvgIpc) is 3.06. The first-order valence-electron chi connectivity index (χ1n) is 17.6. The summed E-state index contributed by atoms with van der Waals surface area (Å²) in [4.78, 5) is 22.8. The maximum atomic E-state index is 11.4. The number of hydrogen-bond acceptors (Lipinski definition) is 4. The van der Waals surface area contributed by atoms with Crippen LogP contribution in [-0.2, 0) is 57.6 Å². The number of rotatable bonds is 22. The standard InChI is InChI=1S/C43H56O4/c1-33(2)42(44)46-30-12-8-6-10-14-36-16-20-38(21-17-36)24-25-40-27-29-41(35(5)32-40)28-26-39-22-18-37(19-23-39)15-11-7-9-13-31-47-43(45)34(3)4/h16-23,27,29,32H,1,3,6-15,24-26,28,30-31H2,2,4-5H3. The van der Waals surface area contributed by atoms with Gasteiger partial charge in [0.25, 0.3) is 0 Å². The minimum atomic E-state index is -0.288. The molecule has 0 fully saturated rings. The van der Waals surface area contributed by atoms with E-state index in [0.29, 0.717) is 24.4 Å². The summed E-state index contributed by atoms with van der Waals surface area (Å²) in [6.07, 6.45) is 15.0. The number of aryl methyl sites for hydroxylation is 7. The van der Waals surface area contributed by atoms with E-state index in [2.05, 4.69) is 86.8 Å². The van der Waals surface area contributed by atoms with Gasteiger partial charge in [-0.25, -0.2) is 9.59 Å². The van der Waals surface area contributed by atoms with Crippen LogP contribution in [0, 0.1) is 6.92 Å². The summed E-state index contributed by atoms with van der Waals surface area (Å²) >= 11 is 0. The van der Waals surface area contributed by atoms with Gasteiger partial charge in [-0.05, 0) is 124 Å². The highest BCUT2D eigenvalue weighted by molar-refractivity contribution is 5.87. The maximum Gasteiger partial charge on any atom is 0.333 e. The van der Waals surface area contributed by atoms with E-state index in [4.69, 9.17) is 9.47 Å². The maximum absolute atomic E-state index is 11.4. The minimum absolute atomic E-state index is 0.288. The van der Waals surface area contributed by atoms with E-state index in [-0.39, 0.29) is 11.9 Å². The normalized spacial score (nSPS) is 10.9. The van der Waals surface area contributed by atoms with E-state index in [1.165, 1.54) is 38.9 Å². The molecule has 0 aliphatic carbocycles. The Labute approximate surface area is 284 Å². The van der Waals surface area contributed by atoms with Gasteiger partial charge in [-0.3, -0.25) is 0 Å². The summed E-state index contributed by atoms with van der Waals surface area (Å²) in [5.74, 6) is -0.575. The molecular weight excluding hydrogens is 580 g/mol. The van der Waals surface area contributed by atoms with E-state index < -0.39 is 0 Å². The predicted octanol–water partition coefficient (Wildman–Crippen LogP) is 10.0. The van der Waals surface area contributed by atoms with Crippen LogP contribution in [0.25, 0.3) is 0 Å². The largest absolute Gasteiger partial charge is 0.462 e. The molecular formula is C43H56O4. The number of benzene rings is 3. The van der Waals surface area contributed by atoms with Crippen LogP contribution in [0.3, 0.4) is 0 Å². The molecule has 252 valence electrons. The molecule has 0 bridgehead atoms. The van der Waals surface area contributed by atoms with Crippen molar-refractivity contribution < 1.29 is 19.1 Å². The second kappa shape index (κ2) is 21.1. The van der Waals surface area contributed by atoms with E-state index in [9.17, 15) is 9.59 Å². The van der Waals surface area contributed by atoms with Crippen molar-refractivity contribution in [3.63, 3.8) is 0 Å². The van der Waals surface area contributed by atoms with Crippen molar-refractivity contribution in [3.05, 3.63) is 130 Å². The van der Waals surface area contributed by atoms with E-state index in [1.807, 2.05) is 0 Å². The molecule has 0 unspecified atom stereocenters. The molecule has 0 atom stereocenters. The SMILES string of the molecule is C=C(C)C(=O)OCCCCCCc1ccc(CCc2ccc(CCc3ccc(CCCCCCOC(=O)C(=C)C)cc3)c(C)c2)cc1. The van der Waals surface area contributed by atoms with Gasteiger partial charge in [0.1, 0.15) is 0 Å². The number of ether oxygens (including phenoxy) is 2. The monoisotopic (exact) mass is 636 g/mol. The van der Waals surface area contributed by atoms with Gasteiger partial charge in [0.2, 0.25) is 0 Å². The van der Waals surface area contributed by atoms with Gasteiger partial charge in [-0.1, -0.05) is 106 Å². The molecule has 0 amide bonds. The zero-order valence-corrected chi connectivity index (χ0v) is 29.2. The van der Waals surface area contributed by atoms with Crippen LogP contribution >= 0.6 is 0 Å². The van der Waals surface area contributed by atoms with Gasteiger partial charge in [0.15, 0.2) is 0 Å². The van der Waals surface area contributed by atoms with Gasteiger partial charge >= 0.3 is 11.9 Å². The molecule has 3 rings (SSSR count). The highest BCUT2D eigenvalue weighted by Crippen LogP contribution is 2.18. The number of esters is 2. The average molecular weight is 637 g/mol. The van der Waals surface area contributed by atoms with Crippen molar-refractivity contribution >= 4 is 11.9 Å². The summed E-state index contributed by atoms with van der Waals surface area (Å²) in [6, 6.07) is 25.3. The summed E-state index contributed by atoms with van der Waals surface area (Å²) in [7, 11) is 0. The third-order valence-corrected chi connectivity index (χ3v) is 8.72. The molecule has 4 heteroatoms. The fourth-order valence-electron chi connectivity index (χ4n) is 5.65. The molecule has 0 heterocycles. The van der Waals surface area contributed by atoms with Gasteiger partial charge in [0.05, 0.1) is 13.2 Å². The lowest BCUT2D eigenvalue weighted by molar-refractivity contribution is -0.139. The second-order valence-corrected chi connectivity index (χ2v) is 13.1. The molecule has 0 aromatic heterocycles. The Hall–Kier alpha value is -3.92. The Kier molecular flexibility index (Phi) is 16.8.